The molecule has 1 aromatic rings. The highest BCUT2D eigenvalue weighted by atomic mass is 127. The molecule has 1 aromatic carbocycles. The summed E-state index contributed by atoms with van der Waals surface area (Å²) in [5, 5.41) is 6.90. The lowest BCUT2D eigenvalue weighted by molar-refractivity contribution is 0.641. The fourth-order valence-electron chi connectivity index (χ4n) is 2.54. The Hall–Kier alpha value is -0.500. The molecule has 1 heterocycles. The van der Waals surface area contributed by atoms with Gasteiger partial charge in [0.05, 0.1) is 0 Å². The van der Waals surface area contributed by atoms with Crippen molar-refractivity contribution in [2.75, 3.05) is 31.6 Å². The van der Waals surface area contributed by atoms with E-state index >= 15 is 0 Å². The molecule has 22 heavy (non-hydrogen) atoms. The molecule has 1 unspecified atom stereocenters. The highest BCUT2D eigenvalue weighted by Gasteiger charge is 2.23. The third-order valence-electron chi connectivity index (χ3n) is 3.77. The van der Waals surface area contributed by atoms with E-state index in [9.17, 15) is 0 Å². The second-order valence-electron chi connectivity index (χ2n) is 5.40. The standard InChI is InChI=1S/C16H25BrN4.HI/c1-3-4-10-19-16(18-2)20-14-9-11-21(12-14)15-7-5-13(17)6-8-15;/h5-8,14H,3-4,9-12H2,1-2H3,(H2,18,19,20);1H. The quantitative estimate of drug-likeness (QED) is 0.292. The van der Waals surface area contributed by atoms with Gasteiger partial charge in [0.25, 0.3) is 0 Å². The van der Waals surface area contributed by atoms with Crippen molar-refractivity contribution in [3.8, 4) is 0 Å². The van der Waals surface area contributed by atoms with E-state index in [1.807, 2.05) is 7.05 Å². The maximum absolute atomic E-state index is 4.30. The monoisotopic (exact) mass is 480 g/mol. The van der Waals surface area contributed by atoms with Crippen LogP contribution in [0.5, 0.6) is 0 Å². The van der Waals surface area contributed by atoms with E-state index in [0.717, 1.165) is 36.5 Å². The predicted molar refractivity (Wildman–Crippen MR) is 110 cm³/mol. The first kappa shape index (κ1) is 19.5. The maximum atomic E-state index is 4.30. The zero-order valence-electron chi connectivity index (χ0n) is 13.3. The molecule has 1 saturated heterocycles. The molecule has 0 aliphatic carbocycles. The van der Waals surface area contributed by atoms with Gasteiger partial charge in [0.1, 0.15) is 0 Å². The van der Waals surface area contributed by atoms with Crippen molar-refractivity contribution in [3.05, 3.63) is 28.7 Å². The van der Waals surface area contributed by atoms with Crippen LogP contribution in [0, 0.1) is 0 Å². The van der Waals surface area contributed by atoms with Gasteiger partial charge in [0.15, 0.2) is 5.96 Å². The number of guanidine groups is 1. The van der Waals surface area contributed by atoms with E-state index in [2.05, 4.69) is 67.6 Å². The Balaban J connectivity index is 0.00000242. The van der Waals surface area contributed by atoms with Crippen molar-refractivity contribution in [1.29, 1.82) is 0 Å². The van der Waals surface area contributed by atoms with Gasteiger partial charge in [-0.3, -0.25) is 4.99 Å². The number of rotatable bonds is 5. The molecule has 2 N–H and O–H groups in total. The molecular weight excluding hydrogens is 455 g/mol. The van der Waals surface area contributed by atoms with E-state index < -0.39 is 0 Å². The van der Waals surface area contributed by atoms with Gasteiger partial charge in [0, 0.05) is 42.9 Å². The third kappa shape index (κ3) is 5.95. The van der Waals surface area contributed by atoms with Crippen molar-refractivity contribution in [2.24, 2.45) is 4.99 Å². The molecule has 0 saturated carbocycles. The zero-order valence-corrected chi connectivity index (χ0v) is 17.2. The lowest BCUT2D eigenvalue weighted by atomic mass is 10.2. The molecule has 6 heteroatoms. The van der Waals surface area contributed by atoms with Crippen LogP contribution < -0.4 is 15.5 Å². The van der Waals surface area contributed by atoms with Crippen LogP contribution >= 0.6 is 39.9 Å². The van der Waals surface area contributed by atoms with Crippen LogP contribution in [0.25, 0.3) is 0 Å². The topological polar surface area (TPSA) is 39.7 Å². The summed E-state index contributed by atoms with van der Waals surface area (Å²) in [5.74, 6) is 0.922. The highest BCUT2D eigenvalue weighted by molar-refractivity contribution is 14.0. The Morgan fingerprint density at radius 2 is 2.09 bits per heavy atom. The third-order valence-corrected chi connectivity index (χ3v) is 4.30. The first-order valence-electron chi connectivity index (χ1n) is 7.70. The summed E-state index contributed by atoms with van der Waals surface area (Å²) in [5.41, 5.74) is 1.29. The smallest absolute Gasteiger partial charge is 0.191 e. The van der Waals surface area contributed by atoms with Crippen LogP contribution in [-0.4, -0.2) is 38.7 Å². The summed E-state index contributed by atoms with van der Waals surface area (Å²) in [6.45, 7) is 5.30. The number of anilines is 1. The summed E-state index contributed by atoms with van der Waals surface area (Å²) in [6.07, 6.45) is 3.52. The summed E-state index contributed by atoms with van der Waals surface area (Å²) in [7, 11) is 1.84. The number of nitrogens with one attached hydrogen (secondary N) is 2. The number of benzene rings is 1. The minimum Gasteiger partial charge on any atom is -0.369 e. The molecule has 4 nitrogen and oxygen atoms in total. The normalized spacial score (nSPS) is 18.0. The fraction of sp³-hybridized carbons (Fsp3) is 0.562. The molecule has 0 amide bonds. The number of hydrogen-bond acceptors (Lipinski definition) is 2. The van der Waals surface area contributed by atoms with Gasteiger partial charge < -0.3 is 15.5 Å². The number of halogens is 2. The van der Waals surface area contributed by atoms with E-state index in [0.29, 0.717) is 6.04 Å². The number of hydrogen-bond donors (Lipinski definition) is 2. The van der Waals surface area contributed by atoms with Gasteiger partial charge in [-0.05, 0) is 37.1 Å². The Bertz CT molecular complexity index is 464. The van der Waals surface area contributed by atoms with Gasteiger partial charge in [-0.25, -0.2) is 0 Å². The predicted octanol–water partition coefficient (Wildman–Crippen LogP) is 3.61. The summed E-state index contributed by atoms with van der Waals surface area (Å²) in [6, 6.07) is 8.99. The average Bonchev–Trinajstić information content (AvgIpc) is 2.95. The van der Waals surface area contributed by atoms with Gasteiger partial charge in [0.2, 0.25) is 0 Å². The second-order valence-corrected chi connectivity index (χ2v) is 6.32. The minimum atomic E-state index is 0. The fourth-order valence-corrected chi connectivity index (χ4v) is 2.80. The van der Waals surface area contributed by atoms with Crippen LogP contribution in [-0.2, 0) is 0 Å². The molecule has 0 spiro atoms. The van der Waals surface area contributed by atoms with Crippen molar-refractivity contribution in [2.45, 2.75) is 32.2 Å². The lowest BCUT2D eigenvalue weighted by Crippen LogP contribution is -2.44. The summed E-state index contributed by atoms with van der Waals surface area (Å²) >= 11 is 3.48. The Morgan fingerprint density at radius 1 is 1.36 bits per heavy atom. The average molecular weight is 481 g/mol. The molecular formula is C16H26BrIN4. The molecule has 1 fully saturated rings. The van der Waals surface area contributed by atoms with E-state index in [1.54, 1.807) is 0 Å². The second kappa shape index (κ2) is 10.3. The van der Waals surface area contributed by atoms with Crippen LogP contribution in [0.15, 0.2) is 33.7 Å². The Kier molecular flexibility index (Phi) is 9.16. The van der Waals surface area contributed by atoms with E-state index in [4.69, 9.17) is 0 Å². The number of unbranched alkanes of at least 4 members (excludes halogenated alkanes) is 1. The largest absolute Gasteiger partial charge is 0.369 e. The number of nitrogens with zero attached hydrogens (tertiary/aromatic N) is 2. The van der Waals surface area contributed by atoms with Crippen LogP contribution in [0.3, 0.4) is 0 Å². The lowest BCUT2D eigenvalue weighted by Gasteiger charge is -2.20. The summed E-state index contributed by atoms with van der Waals surface area (Å²) in [4.78, 5) is 6.72. The van der Waals surface area contributed by atoms with Gasteiger partial charge in [-0.15, -0.1) is 24.0 Å². The van der Waals surface area contributed by atoms with Crippen molar-refractivity contribution >= 4 is 51.6 Å². The Morgan fingerprint density at radius 3 is 2.73 bits per heavy atom. The molecule has 0 aromatic heterocycles. The molecule has 2 rings (SSSR count). The first-order chi connectivity index (χ1) is 10.2. The van der Waals surface area contributed by atoms with Crippen molar-refractivity contribution < 1.29 is 0 Å². The number of aliphatic imine (C=N–C) groups is 1. The molecule has 1 atom stereocenters. The van der Waals surface area contributed by atoms with Crippen molar-refractivity contribution in [3.63, 3.8) is 0 Å². The highest BCUT2D eigenvalue weighted by Crippen LogP contribution is 2.22. The van der Waals surface area contributed by atoms with Gasteiger partial charge >= 0.3 is 0 Å². The molecule has 1 aliphatic rings. The van der Waals surface area contributed by atoms with Crippen molar-refractivity contribution in [1.82, 2.24) is 10.6 Å². The maximum Gasteiger partial charge on any atom is 0.191 e. The molecule has 1 aliphatic heterocycles. The zero-order chi connectivity index (χ0) is 15.1. The Labute approximate surface area is 159 Å². The molecule has 124 valence electrons. The molecule has 0 radical (unpaired) electrons. The molecule has 0 bridgehead atoms. The minimum absolute atomic E-state index is 0. The SMILES string of the molecule is CCCCNC(=NC)NC1CCN(c2ccc(Br)cc2)C1.I. The van der Waals surface area contributed by atoms with E-state index in [1.165, 1.54) is 18.5 Å². The van der Waals surface area contributed by atoms with E-state index in [-0.39, 0.29) is 24.0 Å². The first-order valence-corrected chi connectivity index (χ1v) is 8.50. The summed E-state index contributed by atoms with van der Waals surface area (Å²) < 4.78 is 1.13. The van der Waals surface area contributed by atoms with Gasteiger partial charge in [-0.2, -0.15) is 0 Å². The van der Waals surface area contributed by atoms with Crippen LogP contribution in [0.4, 0.5) is 5.69 Å². The van der Waals surface area contributed by atoms with Crippen LogP contribution in [0.1, 0.15) is 26.2 Å². The van der Waals surface area contributed by atoms with Gasteiger partial charge in [-0.1, -0.05) is 29.3 Å². The van der Waals surface area contributed by atoms with Crippen LogP contribution in [0.2, 0.25) is 0 Å².